The molecule has 2 rings (SSSR count). The Morgan fingerprint density at radius 3 is 2.63 bits per heavy atom. The molecule has 0 unspecified atom stereocenters. The van der Waals surface area contributed by atoms with E-state index in [9.17, 15) is 9.90 Å². The quantitative estimate of drug-likeness (QED) is 0.864. The van der Waals surface area contributed by atoms with Gasteiger partial charge >= 0.3 is 0 Å². The molecule has 19 heavy (non-hydrogen) atoms. The Labute approximate surface area is 111 Å². The summed E-state index contributed by atoms with van der Waals surface area (Å²) in [5, 5.41) is 20.1. The molecule has 0 aliphatic carbocycles. The first-order valence-corrected chi connectivity index (χ1v) is 5.93. The normalized spacial score (nSPS) is 11.3. The average molecular weight is 260 g/mol. The van der Waals surface area contributed by atoms with E-state index < -0.39 is 5.60 Å². The van der Waals surface area contributed by atoms with Gasteiger partial charge in [0.1, 0.15) is 17.8 Å². The maximum absolute atomic E-state index is 11.8. The van der Waals surface area contributed by atoms with E-state index in [4.69, 9.17) is 0 Å². The predicted molar refractivity (Wildman–Crippen MR) is 70.3 cm³/mol. The summed E-state index contributed by atoms with van der Waals surface area (Å²) in [6, 6.07) is 9.18. The van der Waals surface area contributed by atoms with Crippen LogP contribution in [0, 0.1) is 0 Å². The fraction of sp³-hybridized carbons (Fsp3) is 0.308. The number of nitrogens with zero attached hydrogens (tertiary/aromatic N) is 3. The molecule has 0 radical (unpaired) electrons. The number of aromatic nitrogens is 3. The predicted octanol–water partition coefficient (Wildman–Crippen LogP) is 1.14. The molecule has 1 aromatic carbocycles. The first-order chi connectivity index (χ1) is 8.95. The minimum absolute atomic E-state index is 0.0535. The lowest BCUT2D eigenvalue weighted by Gasteiger charge is -2.11. The molecule has 6 nitrogen and oxygen atoms in total. The fourth-order valence-corrected chi connectivity index (χ4v) is 1.53. The number of aliphatic hydroxyl groups is 1. The molecule has 1 aromatic heterocycles. The lowest BCUT2D eigenvalue weighted by Crippen LogP contribution is -2.19. The Bertz CT molecular complexity index is 558. The third-order valence-electron chi connectivity index (χ3n) is 2.53. The number of carbonyl (C=O) groups excluding carboxylic acids is 1. The first-order valence-electron chi connectivity index (χ1n) is 5.93. The summed E-state index contributed by atoms with van der Waals surface area (Å²) < 4.78 is 1.39. The summed E-state index contributed by atoms with van der Waals surface area (Å²) in [6.07, 6.45) is 1.56. The van der Waals surface area contributed by atoms with Crippen molar-refractivity contribution >= 4 is 11.6 Å². The van der Waals surface area contributed by atoms with Gasteiger partial charge in [0, 0.05) is 5.69 Å². The van der Waals surface area contributed by atoms with Crippen LogP contribution in [0.15, 0.2) is 36.5 Å². The van der Waals surface area contributed by atoms with Crippen molar-refractivity contribution in [2.24, 2.45) is 0 Å². The van der Waals surface area contributed by atoms with Crippen molar-refractivity contribution in [3.8, 4) is 0 Å². The van der Waals surface area contributed by atoms with Crippen molar-refractivity contribution in [3.05, 3.63) is 42.2 Å². The van der Waals surface area contributed by atoms with Gasteiger partial charge in [0.15, 0.2) is 0 Å². The minimum Gasteiger partial charge on any atom is -0.384 e. The molecule has 0 atom stereocenters. The Morgan fingerprint density at radius 2 is 2.05 bits per heavy atom. The van der Waals surface area contributed by atoms with Gasteiger partial charge < -0.3 is 10.4 Å². The first kappa shape index (κ1) is 13.2. The maximum atomic E-state index is 11.8. The molecular weight excluding hydrogens is 244 g/mol. The van der Waals surface area contributed by atoms with Crippen LogP contribution < -0.4 is 5.32 Å². The summed E-state index contributed by atoms with van der Waals surface area (Å²) in [5.41, 5.74) is 0.101. The van der Waals surface area contributed by atoms with Crippen molar-refractivity contribution in [2.75, 3.05) is 5.32 Å². The molecular formula is C13H16N4O2. The number of carbonyl (C=O) groups is 1. The summed E-state index contributed by atoms with van der Waals surface area (Å²) in [5.74, 6) is -0.196. The molecule has 1 heterocycles. The van der Waals surface area contributed by atoms with E-state index in [-0.39, 0.29) is 12.5 Å². The van der Waals surface area contributed by atoms with E-state index in [1.54, 1.807) is 20.0 Å². The maximum Gasteiger partial charge on any atom is 0.246 e. The van der Waals surface area contributed by atoms with Crippen LogP contribution in [0.5, 0.6) is 0 Å². The smallest absolute Gasteiger partial charge is 0.246 e. The molecule has 2 aromatic rings. The minimum atomic E-state index is -1.06. The van der Waals surface area contributed by atoms with E-state index in [1.807, 2.05) is 30.3 Å². The van der Waals surface area contributed by atoms with Gasteiger partial charge in [-0.25, -0.2) is 4.68 Å². The number of anilines is 1. The summed E-state index contributed by atoms with van der Waals surface area (Å²) in [7, 11) is 0. The highest BCUT2D eigenvalue weighted by molar-refractivity contribution is 5.90. The SMILES string of the molecule is CC(C)(O)c1cn(CC(=O)Nc2ccccc2)nn1. The van der Waals surface area contributed by atoms with Gasteiger partial charge in [-0.3, -0.25) is 4.79 Å². The highest BCUT2D eigenvalue weighted by Gasteiger charge is 2.20. The van der Waals surface area contributed by atoms with E-state index in [0.717, 1.165) is 5.69 Å². The fourth-order valence-electron chi connectivity index (χ4n) is 1.53. The Hall–Kier alpha value is -2.21. The van der Waals surface area contributed by atoms with Gasteiger partial charge in [0.2, 0.25) is 5.91 Å². The van der Waals surface area contributed by atoms with Crippen molar-refractivity contribution in [1.82, 2.24) is 15.0 Å². The molecule has 2 N–H and O–H groups in total. The molecule has 0 bridgehead atoms. The highest BCUT2D eigenvalue weighted by atomic mass is 16.3. The number of hydrogen-bond acceptors (Lipinski definition) is 4. The average Bonchev–Trinajstić information content (AvgIpc) is 2.78. The lowest BCUT2D eigenvalue weighted by molar-refractivity contribution is -0.116. The molecule has 100 valence electrons. The monoisotopic (exact) mass is 260 g/mol. The van der Waals surface area contributed by atoms with Crippen LogP contribution in [-0.2, 0) is 16.9 Å². The van der Waals surface area contributed by atoms with Crippen LogP contribution in [0.25, 0.3) is 0 Å². The molecule has 6 heteroatoms. The van der Waals surface area contributed by atoms with Crippen LogP contribution in [0.3, 0.4) is 0 Å². The van der Waals surface area contributed by atoms with Crippen LogP contribution in [0.4, 0.5) is 5.69 Å². The Balaban J connectivity index is 1.98. The van der Waals surface area contributed by atoms with Crippen molar-refractivity contribution in [2.45, 2.75) is 26.0 Å². The second kappa shape index (κ2) is 5.19. The zero-order valence-corrected chi connectivity index (χ0v) is 10.9. The molecule has 1 amide bonds. The third kappa shape index (κ3) is 3.62. The number of hydrogen-bond donors (Lipinski definition) is 2. The molecule has 0 saturated carbocycles. The topological polar surface area (TPSA) is 80.0 Å². The number of para-hydroxylation sites is 1. The zero-order chi connectivity index (χ0) is 13.9. The number of rotatable bonds is 4. The van der Waals surface area contributed by atoms with Crippen molar-refractivity contribution in [3.63, 3.8) is 0 Å². The molecule has 0 aliphatic rings. The van der Waals surface area contributed by atoms with E-state index in [2.05, 4.69) is 15.6 Å². The number of benzene rings is 1. The number of amides is 1. The molecule has 0 aliphatic heterocycles. The van der Waals surface area contributed by atoms with Gasteiger partial charge in [-0.1, -0.05) is 23.4 Å². The molecule has 0 saturated heterocycles. The van der Waals surface area contributed by atoms with Crippen LogP contribution in [0.2, 0.25) is 0 Å². The standard InChI is InChI=1S/C13H16N4O2/c1-13(2,19)11-8-17(16-15-11)9-12(18)14-10-6-4-3-5-7-10/h3-8,19H,9H2,1-2H3,(H,14,18). The molecule has 0 spiro atoms. The van der Waals surface area contributed by atoms with Crippen molar-refractivity contribution in [1.29, 1.82) is 0 Å². The van der Waals surface area contributed by atoms with Gasteiger partial charge in [-0.2, -0.15) is 0 Å². The van der Waals surface area contributed by atoms with Gasteiger partial charge in [-0.05, 0) is 26.0 Å². The molecule has 0 fully saturated rings. The number of nitrogens with one attached hydrogen (secondary N) is 1. The van der Waals surface area contributed by atoms with Crippen LogP contribution in [0.1, 0.15) is 19.5 Å². The van der Waals surface area contributed by atoms with Crippen molar-refractivity contribution < 1.29 is 9.90 Å². The second-order valence-corrected chi connectivity index (χ2v) is 4.77. The second-order valence-electron chi connectivity index (χ2n) is 4.77. The van der Waals surface area contributed by atoms with Gasteiger partial charge in [-0.15, -0.1) is 5.10 Å². The lowest BCUT2D eigenvalue weighted by atomic mass is 10.1. The van der Waals surface area contributed by atoms with Gasteiger partial charge in [0.05, 0.1) is 6.20 Å². The van der Waals surface area contributed by atoms with E-state index in [1.165, 1.54) is 4.68 Å². The van der Waals surface area contributed by atoms with Gasteiger partial charge in [0.25, 0.3) is 0 Å². The third-order valence-corrected chi connectivity index (χ3v) is 2.53. The van der Waals surface area contributed by atoms with E-state index in [0.29, 0.717) is 5.69 Å². The zero-order valence-electron chi connectivity index (χ0n) is 10.9. The van der Waals surface area contributed by atoms with Crippen LogP contribution >= 0.6 is 0 Å². The Kier molecular flexibility index (Phi) is 3.62. The van der Waals surface area contributed by atoms with E-state index >= 15 is 0 Å². The summed E-state index contributed by atoms with van der Waals surface area (Å²) in [6.45, 7) is 3.29. The Morgan fingerprint density at radius 1 is 1.37 bits per heavy atom. The highest BCUT2D eigenvalue weighted by Crippen LogP contribution is 2.15. The summed E-state index contributed by atoms with van der Waals surface area (Å²) in [4.78, 5) is 11.8. The van der Waals surface area contributed by atoms with Crippen LogP contribution in [-0.4, -0.2) is 26.0 Å². The largest absolute Gasteiger partial charge is 0.384 e. The summed E-state index contributed by atoms with van der Waals surface area (Å²) >= 11 is 0.